The van der Waals surface area contributed by atoms with Crippen molar-refractivity contribution in [2.75, 3.05) is 0 Å². The van der Waals surface area contributed by atoms with Crippen molar-refractivity contribution in [1.29, 1.82) is 0 Å². The minimum Gasteiger partial charge on any atom is -0.449 e. The van der Waals surface area contributed by atoms with Crippen molar-refractivity contribution in [3.63, 3.8) is 0 Å². The van der Waals surface area contributed by atoms with Crippen LogP contribution in [0.1, 0.15) is 0 Å². The molecule has 0 unspecified atom stereocenters. The molecule has 0 bridgehead atoms. The fourth-order valence-corrected chi connectivity index (χ4v) is 0.773. The van der Waals surface area contributed by atoms with E-state index in [1.54, 1.807) is 24.3 Å². The number of halogens is 1. The second kappa shape index (κ2) is 4.09. The zero-order valence-electron chi connectivity index (χ0n) is 6.03. The molecule has 0 spiro atoms. The smallest absolute Gasteiger partial charge is 0.340 e. The van der Waals surface area contributed by atoms with Gasteiger partial charge in [0.1, 0.15) is 5.75 Å². The zero-order valence-corrected chi connectivity index (χ0v) is 6.78. The highest BCUT2D eigenvalue weighted by atomic mass is 35.5. The van der Waals surface area contributed by atoms with Crippen molar-refractivity contribution in [1.82, 2.24) is 0 Å². The predicted molar refractivity (Wildman–Crippen MR) is 43.3 cm³/mol. The lowest BCUT2D eigenvalue weighted by atomic mass is 10.3. The maximum absolute atomic E-state index is 9.94. The number of benzene rings is 1. The molecular formula is C8H6ClO3. The summed E-state index contributed by atoms with van der Waals surface area (Å²) in [5.41, 5.74) is 0. The van der Waals surface area contributed by atoms with Crippen molar-refractivity contribution in [3.05, 3.63) is 35.6 Å². The summed E-state index contributed by atoms with van der Waals surface area (Å²) in [5, 5.41) is 9.24. The van der Waals surface area contributed by atoms with E-state index in [1.165, 1.54) is 0 Å². The normalized spacial score (nSPS) is 9.92. The highest BCUT2D eigenvalue weighted by molar-refractivity contribution is 6.30. The summed E-state index contributed by atoms with van der Waals surface area (Å²) in [5.74, 6) is 0.365. The Labute approximate surface area is 74.5 Å². The number of carbonyl (C=O) groups excluding carboxylic acids is 1. The number of aliphatic hydroxyl groups excluding tert-OH is 1. The predicted octanol–water partition coefficient (Wildman–Crippen LogP) is 1.78. The van der Waals surface area contributed by atoms with Gasteiger partial charge in [-0.3, -0.25) is 4.79 Å². The maximum atomic E-state index is 9.94. The van der Waals surface area contributed by atoms with Crippen LogP contribution in [0.2, 0.25) is 5.02 Å². The highest BCUT2D eigenvalue weighted by Crippen LogP contribution is 2.17. The molecule has 1 aromatic rings. The van der Waals surface area contributed by atoms with Crippen molar-refractivity contribution in [2.45, 2.75) is 0 Å². The number of aldehydes is 1. The molecule has 1 N–H and O–H groups in total. The van der Waals surface area contributed by atoms with Crippen molar-refractivity contribution in [3.8, 4) is 5.75 Å². The molecule has 3 nitrogen and oxygen atoms in total. The molecule has 0 aliphatic heterocycles. The van der Waals surface area contributed by atoms with Gasteiger partial charge in [-0.25, -0.2) is 0 Å². The Hall–Kier alpha value is -1.06. The summed E-state index contributed by atoms with van der Waals surface area (Å²) >= 11 is 5.59. The van der Waals surface area contributed by atoms with Crippen molar-refractivity contribution < 1.29 is 14.6 Å². The Bertz CT molecular complexity index is 258. The second-order valence-corrected chi connectivity index (χ2v) is 2.45. The molecule has 0 fully saturated rings. The first-order chi connectivity index (χ1) is 5.72. The van der Waals surface area contributed by atoms with E-state index < -0.39 is 6.29 Å². The summed E-state index contributed by atoms with van der Waals surface area (Å²) in [6.45, 7) is 0. The Morgan fingerprint density at radius 1 is 1.42 bits per heavy atom. The monoisotopic (exact) mass is 185 g/mol. The third kappa shape index (κ3) is 2.53. The number of rotatable bonds is 3. The minimum atomic E-state index is -0.669. The molecule has 1 rings (SSSR count). The van der Waals surface area contributed by atoms with E-state index >= 15 is 0 Å². The summed E-state index contributed by atoms with van der Waals surface area (Å²) in [6.07, 6.45) is -0.452. The van der Waals surface area contributed by atoms with Gasteiger partial charge in [-0.05, 0) is 24.3 Å². The van der Waals surface area contributed by atoms with Crippen LogP contribution in [0, 0.1) is 6.29 Å². The Morgan fingerprint density at radius 2 is 2.00 bits per heavy atom. The molecule has 0 heterocycles. The largest absolute Gasteiger partial charge is 0.449 e. The average Bonchev–Trinajstić information content (AvgIpc) is 2.09. The Morgan fingerprint density at radius 3 is 2.50 bits per heavy atom. The fourth-order valence-electron chi connectivity index (χ4n) is 0.647. The van der Waals surface area contributed by atoms with Crippen LogP contribution in [-0.2, 0) is 4.79 Å². The van der Waals surface area contributed by atoms with Gasteiger partial charge in [0.25, 0.3) is 0 Å². The van der Waals surface area contributed by atoms with Crippen LogP contribution in [0.5, 0.6) is 5.75 Å². The van der Waals surface area contributed by atoms with E-state index in [9.17, 15) is 4.79 Å². The van der Waals surface area contributed by atoms with Crippen LogP contribution >= 0.6 is 11.6 Å². The van der Waals surface area contributed by atoms with E-state index in [-0.39, 0.29) is 6.29 Å². The van der Waals surface area contributed by atoms with E-state index in [4.69, 9.17) is 16.7 Å². The topological polar surface area (TPSA) is 46.5 Å². The molecule has 0 atom stereocenters. The van der Waals surface area contributed by atoms with Crippen LogP contribution in [-0.4, -0.2) is 11.4 Å². The lowest BCUT2D eigenvalue weighted by molar-refractivity contribution is -0.115. The Kier molecular flexibility index (Phi) is 3.08. The number of hydrogen-bond donors (Lipinski definition) is 1. The van der Waals surface area contributed by atoms with Crippen molar-refractivity contribution in [2.24, 2.45) is 0 Å². The maximum Gasteiger partial charge on any atom is 0.340 e. The SMILES string of the molecule is O=C[C](O)Oc1ccc(Cl)cc1. The lowest BCUT2D eigenvalue weighted by Gasteiger charge is -2.04. The molecule has 1 radical (unpaired) electrons. The van der Waals surface area contributed by atoms with Gasteiger partial charge < -0.3 is 9.84 Å². The second-order valence-electron chi connectivity index (χ2n) is 2.01. The molecule has 12 heavy (non-hydrogen) atoms. The molecule has 0 saturated carbocycles. The lowest BCUT2D eigenvalue weighted by Crippen LogP contribution is -2.06. The number of ether oxygens (including phenoxy) is 1. The first-order valence-corrected chi connectivity index (χ1v) is 3.54. The third-order valence-corrected chi connectivity index (χ3v) is 1.39. The number of aliphatic hydroxyl groups is 1. The summed E-state index contributed by atoms with van der Waals surface area (Å²) < 4.78 is 4.66. The molecule has 0 aromatic heterocycles. The van der Waals surface area contributed by atoms with Gasteiger partial charge in [-0.15, -0.1) is 0 Å². The van der Waals surface area contributed by atoms with Crippen LogP contribution in [0.15, 0.2) is 24.3 Å². The molecule has 4 heteroatoms. The zero-order chi connectivity index (χ0) is 8.97. The standard InChI is InChI=1S/C8H6ClO3/c9-6-1-3-7(4-2-6)12-8(11)5-10/h1-5,11H. The van der Waals surface area contributed by atoms with E-state index in [2.05, 4.69) is 4.74 Å². The van der Waals surface area contributed by atoms with Gasteiger partial charge in [0.2, 0.25) is 0 Å². The van der Waals surface area contributed by atoms with E-state index in [0.717, 1.165) is 0 Å². The van der Waals surface area contributed by atoms with Crippen LogP contribution in [0.4, 0.5) is 0 Å². The molecule has 0 amide bonds. The van der Waals surface area contributed by atoms with E-state index in [0.29, 0.717) is 10.8 Å². The molecule has 0 saturated heterocycles. The van der Waals surface area contributed by atoms with Crippen LogP contribution in [0.25, 0.3) is 0 Å². The van der Waals surface area contributed by atoms with Gasteiger partial charge >= 0.3 is 6.29 Å². The van der Waals surface area contributed by atoms with Gasteiger partial charge in [0, 0.05) is 5.02 Å². The van der Waals surface area contributed by atoms with E-state index in [1.807, 2.05) is 0 Å². The minimum absolute atomic E-state index is 0.217. The molecule has 0 aliphatic carbocycles. The quantitative estimate of drug-likeness (QED) is 0.731. The van der Waals surface area contributed by atoms with Crippen LogP contribution in [0.3, 0.4) is 0 Å². The summed E-state index contributed by atoms with van der Waals surface area (Å²) in [7, 11) is 0. The first kappa shape index (κ1) is 9.03. The fraction of sp³-hybridized carbons (Fsp3) is 0. The van der Waals surface area contributed by atoms with Crippen LogP contribution < -0.4 is 4.74 Å². The van der Waals surface area contributed by atoms with Gasteiger partial charge in [-0.1, -0.05) is 11.6 Å². The molecular weight excluding hydrogens is 180 g/mol. The Balaban J connectivity index is 2.64. The van der Waals surface area contributed by atoms with Crippen molar-refractivity contribution >= 4 is 17.9 Å². The number of carbonyl (C=O) groups is 1. The molecule has 1 aromatic carbocycles. The average molecular weight is 186 g/mol. The number of hydrogen-bond acceptors (Lipinski definition) is 3. The molecule has 0 aliphatic rings. The third-order valence-electron chi connectivity index (χ3n) is 1.14. The van der Waals surface area contributed by atoms with Gasteiger partial charge in [0.15, 0.2) is 6.29 Å². The highest BCUT2D eigenvalue weighted by Gasteiger charge is 2.04. The summed E-state index contributed by atoms with van der Waals surface area (Å²) in [6, 6.07) is 6.27. The summed E-state index contributed by atoms with van der Waals surface area (Å²) in [4.78, 5) is 9.94. The van der Waals surface area contributed by atoms with Gasteiger partial charge in [0.05, 0.1) is 0 Å². The first-order valence-electron chi connectivity index (χ1n) is 3.17. The molecule has 63 valence electrons. The van der Waals surface area contributed by atoms with Gasteiger partial charge in [-0.2, -0.15) is 0 Å².